The van der Waals surface area contributed by atoms with Gasteiger partial charge in [-0.3, -0.25) is 4.57 Å². The summed E-state index contributed by atoms with van der Waals surface area (Å²) in [4.78, 5) is 4.98. The van der Waals surface area contributed by atoms with Crippen LogP contribution in [-0.2, 0) is 11.3 Å². The van der Waals surface area contributed by atoms with E-state index in [0.717, 1.165) is 60.0 Å². The van der Waals surface area contributed by atoms with Gasteiger partial charge < -0.3 is 14.8 Å². The highest BCUT2D eigenvalue weighted by atomic mass is 16.5. The van der Waals surface area contributed by atoms with Crippen LogP contribution >= 0.6 is 0 Å². The van der Waals surface area contributed by atoms with E-state index in [2.05, 4.69) is 84.7 Å². The van der Waals surface area contributed by atoms with Crippen molar-refractivity contribution in [2.75, 3.05) is 11.9 Å². The van der Waals surface area contributed by atoms with Gasteiger partial charge in [0, 0.05) is 36.9 Å². The molecule has 0 amide bonds. The molecule has 1 fully saturated rings. The van der Waals surface area contributed by atoms with Gasteiger partial charge in [0.2, 0.25) is 0 Å². The molecular weight excluding hydrogens is 410 g/mol. The van der Waals surface area contributed by atoms with Crippen molar-refractivity contribution in [3.8, 4) is 11.4 Å². The fraction of sp³-hybridized carbons (Fsp3) is 0.286. The van der Waals surface area contributed by atoms with Crippen LogP contribution in [0, 0.1) is 13.3 Å². The standard InChI is InChI=1S/C28H28N3O2/c1-18-15-20-12-13-22(16-27(20)33-18)29-17-21-7-5-10-24(19(21)2)31-25-9-4-3-8-23(25)30-28(31)26-11-6-14-32-26/h3-5,7-10,12-13,15-16,18,26,29H,6,11,14,17H2,1-2H3/t18-,26?/m0/s1. The number of para-hydroxylation sites is 2. The third kappa shape index (κ3) is 3.66. The molecule has 1 saturated heterocycles. The quantitative estimate of drug-likeness (QED) is 0.407. The first-order chi connectivity index (χ1) is 16.2. The lowest BCUT2D eigenvalue weighted by Gasteiger charge is -2.18. The van der Waals surface area contributed by atoms with Crippen molar-refractivity contribution in [1.82, 2.24) is 9.55 Å². The SMILES string of the molecule is Cc1c(CNc2ccc3c(c2)O[C@@H](C)[CH]3)cccc1-n1c(C2CCCO2)nc2ccccc21. The van der Waals surface area contributed by atoms with Crippen LogP contribution in [0.25, 0.3) is 16.7 Å². The van der Waals surface area contributed by atoms with Gasteiger partial charge in [0.15, 0.2) is 0 Å². The molecule has 2 atom stereocenters. The molecule has 6 rings (SSSR count). The van der Waals surface area contributed by atoms with Gasteiger partial charge >= 0.3 is 0 Å². The average Bonchev–Trinajstić information content (AvgIpc) is 3.55. The Morgan fingerprint density at radius 2 is 2.00 bits per heavy atom. The smallest absolute Gasteiger partial charge is 0.143 e. The summed E-state index contributed by atoms with van der Waals surface area (Å²) in [6, 6.07) is 21.2. The van der Waals surface area contributed by atoms with E-state index in [-0.39, 0.29) is 12.2 Å². The van der Waals surface area contributed by atoms with E-state index in [9.17, 15) is 0 Å². The number of aromatic nitrogens is 2. The fourth-order valence-corrected chi connectivity index (χ4v) is 4.97. The number of ether oxygens (including phenoxy) is 2. The number of hydrogen-bond donors (Lipinski definition) is 1. The van der Waals surface area contributed by atoms with Gasteiger partial charge in [-0.25, -0.2) is 4.98 Å². The number of nitrogens with one attached hydrogen (secondary N) is 1. The van der Waals surface area contributed by atoms with Crippen molar-refractivity contribution in [3.63, 3.8) is 0 Å². The largest absolute Gasteiger partial charge is 0.490 e. The van der Waals surface area contributed by atoms with Gasteiger partial charge in [-0.1, -0.05) is 30.3 Å². The van der Waals surface area contributed by atoms with Crippen LogP contribution in [0.5, 0.6) is 5.75 Å². The minimum absolute atomic E-state index is 0.0455. The Balaban J connectivity index is 1.34. The van der Waals surface area contributed by atoms with Crippen LogP contribution < -0.4 is 10.1 Å². The maximum Gasteiger partial charge on any atom is 0.143 e. The Hall–Kier alpha value is -3.31. The van der Waals surface area contributed by atoms with Crippen molar-refractivity contribution < 1.29 is 9.47 Å². The van der Waals surface area contributed by atoms with Gasteiger partial charge in [-0.2, -0.15) is 0 Å². The van der Waals surface area contributed by atoms with Crippen LogP contribution in [0.4, 0.5) is 5.69 Å². The predicted molar refractivity (Wildman–Crippen MR) is 131 cm³/mol. The summed E-state index contributed by atoms with van der Waals surface area (Å²) in [5.41, 5.74) is 8.02. The molecule has 0 bridgehead atoms. The van der Waals surface area contributed by atoms with Gasteiger partial charge in [-0.05, 0) is 62.1 Å². The molecule has 1 radical (unpaired) electrons. The molecule has 0 spiro atoms. The van der Waals surface area contributed by atoms with E-state index in [1.165, 1.54) is 16.7 Å². The third-order valence-corrected chi connectivity index (χ3v) is 6.69. The summed E-state index contributed by atoms with van der Waals surface area (Å²) >= 11 is 0. The Kier molecular flexibility index (Phi) is 5.07. The number of nitrogens with zero attached hydrogens (tertiary/aromatic N) is 2. The summed E-state index contributed by atoms with van der Waals surface area (Å²) < 4.78 is 14.2. The average molecular weight is 439 g/mol. The number of rotatable bonds is 5. The fourth-order valence-electron chi connectivity index (χ4n) is 4.97. The van der Waals surface area contributed by atoms with E-state index in [4.69, 9.17) is 14.5 Å². The Morgan fingerprint density at radius 3 is 2.88 bits per heavy atom. The third-order valence-electron chi connectivity index (χ3n) is 6.69. The summed E-state index contributed by atoms with van der Waals surface area (Å²) in [6.07, 6.45) is 4.42. The van der Waals surface area contributed by atoms with Crippen LogP contribution in [0.1, 0.15) is 48.4 Å². The minimum Gasteiger partial charge on any atom is -0.490 e. The molecule has 33 heavy (non-hydrogen) atoms. The molecule has 167 valence electrons. The van der Waals surface area contributed by atoms with Crippen LogP contribution in [0.3, 0.4) is 0 Å². The number of hydrogen-bond acceptors (Lipinski definition) is 4. The number of benzene rings is 3. The lowest BCUT2D eigenvalue weighted by molar-refractivity contribution is 0.104. The second kappa shape index (κ2) is 8.23. The van der Waals surface area contributed by atoms with Crippen molar-refractivity contribution in [2.45, 2.75) is 45.4 Å². The van der Waals surface area contributed by atoms with Crippen LogP contribution in [0.15, 0.2) is 60.7 Å². The number of anilines is 1. The first kappa shape index (κ1) is 20.3. The maximum absolute atomic E-state index is 6.04. The number of fused-ring (bicyclic) bond motifs is 2. The van der Waals surface area contributed by atoms with E-state index < -0.39 is 0 Å². The van der Waals surface area contributed by atoms with Crippen molar-refractivity contribution in [2.24, 2.45) is 0 Å². The second-order valence-electron chi connectivity index (χ2n) is 8.95. The lowest BCUT2D eigenvalue weighted by Crippen LogP contribution is -2.10. The monoisotopic (exact) mass is 438 g/mol. The first-order valence-corrected chi connectivity index (χ1v) is 11.7. The van der Waals surface area contributed by atoms with E-state index >= 15 is 0 Å². The van der Waals surface area contributed by atoms with Crippen molar-refractivity contribution in [1.29, 1.82) is 0 Å². The zero-order chi connectivity index (χ0) is 22.4. The van der Waals surface area contributed by atoms with Gasteiger partial charge in [0.1, 0.15) is 23.8 Å². The predicted octanol–water partition coefficient (Wildman–Crippen LogP) is 6.13. The molecule has 1 aromatic heterocycles. The summed E-state index contributed by atoms with van der Waals surface area (Å²) in [7, 11) is 0. The Labute approximate surface area is 194 Å². The Morgan fingerprint density at radius 1 is 1.09 bits per heavy atom. The van der Waals surface area contributed by atoms with Gasteiger partial charge in [0.05, 0.1) is 16.7 Å². The molecule has 5 nitrogen and oxygen atoms in total. The lowest BCUT2D eigenvalue weighted by atomic mass is 10.1. The normalized spacial score (nSPS) is 19.6. The molecule has 4 aromatic rings. The van der Waals surface area contributed by atoms with E-state index in [1.54, 1.807) is 0 Å². The van der Waals surface area contributed by atoms with Crippen molar-refractivity contribution in [3.05, 3.63) is 89.6 Å². The summed E-state index contributed by atoms with van der Waals surface area (Å²) in [5, 5.41) is 3.58. The first-order valence-electron chi connectivity index (χ1n) is 11.7. The zero-order valence-electron chi connectivity index (χ0n) is 19.0. The molecule has 0 saturated carbocycles. The molecule has 0 aliphatic carbocycles. The van der Waals surface area contributed by atoms with E-state index in [0.29, 0.717) is 0 Å². The highest BCUT2D eigenvalue weighted by Crippen LogP contribution is 2.35. The minimum atomic E-state index is 0.0455. The molecule has 3 heterocycles. The molecule has 3 aromatic carbocycles. The molecule has 1 N–H and O–H groups in total. The van der Waals surface area contributed by atoms with E-state index in [1.807, 2.05) is 6.07 Å². The van der Waals surface area contributed by atoms with Gasteiger partial charge in [-0.15, -0.1) is 0 Å². The zero-order valence-corrected chi connectivity index (χ0v) is 19.0. The maximum atomic E-state index is 6.04. The topological polar surface area (TPSA) is 48.3 Å². The number of imidazole rings is 1. The van der Waals surface area contributed by atoms with Crippen LogP contribution in [0.2, 0.25) is 0 Å². The summed E-state index contributed by atoms with van der Waals surface area (Å²) in [5.74, 6) is 1.95. The highest BCUT2D eigenvalue weighted by molar-refractivity contribution is 5.79. The van der Waals surface area contributed by atoms with Gasteiger partial charge in [0.25, 0.3) is 0 Å². The Bertz CT molecular complexity index is 1320. The second-order valence-corrected chi connectivity index (χ2v) is 8.95. The molecular formula is C28H28N3O2. The molecule has 2 aliphatic rings. The van der Waals surface area contributed by atoms with Crippen molar-refractivity contribution >= 4 is 16.7 Å². The molecule has 2 aliphatic heterocycles. The highest BCUT2D eigenvalue weighted by Gasteiger charge is 2.26. The molecule has 1 unspecified atom stereocenters. The van der Waals surface area contributed by atoms with Crippen LogP contribution in [-0.4, -0.2) is 22.3 Å². The summed E-state index contributed by atoms with van der Waals surface area (Å²) in [6.45, 7) is 5.80. The molecule has 5 heteroatoms.